The molecule has 2 rings (SSSR count). The average Bonchev–Trinajstić information content (AvgIpc) is 2.50. The molecule has 2 aromatic rings. The Morgan fingerprint density at radius 2 is 2.23 bits per heavy atom. The van der Waals surface area contributed by atoms with Crippen molar-refractivity contribution in [1.29, 1.82) is 0 Å². The Balaban J connectivity index is 2.11. The highest BCUT2D eigenvalue weighted by atomic mass is 79.9. The van der Waals surface area contributed by atoms with E-state index < -0.39 is 0 Å². The lowest BCUT2D eigenvalue weighted by molar-refractivity contribution is 0.0954. The summed E-state index contributed by atoms with van der Waals surface area (Å²) in [6.07, 6.45) is 2.81. The van der Waals surface area contributed by atoms with Crippen molar-refractivity contribution in [2.24, 2.45) is 5.10 Å². The Labute approximate surface area is 136 Å². The van der Waals surface area contributed by atoms with Crippen molar-refractivity contribution >= 4 is 28.1 Å². The van der Waals surface area contributed by atoms with Gasteiger partial charge in [-0.25, -0.2) is 5.43 Å². The number of pyridine rings is 1. The molecule has 114 valence electrons. The molecule has 2 N–H and O–H groups in total. The second-order valence-electron chi connectivity index (χ2n) is 4.43. The van der Waals surface area contributed by atoms with E-state index in [2.05, 4.69) is 31.4 Å². The van der Waals surface area contributed by atoms with Gasteiger partial charge in [-0.2, -0.15) is 5.10 Å². The topological polar surface area (TPSA) is 83.8 Å². The normalized spacial score (nSPS) is 10.7. The van der Waals surface area contributed by atoms with Crippen molar-refractivity contribution in [3.63, 3.8) is 0 Å². The number of aromatic nitrogens is 1. The minimum absolute atomic E-state index is 0.0549. The van der Waals surface area contributed by atoms with Crippen LogP contribution in [0.4, 0.5) is 0 Å². The molecule has 0 bridgehead atoms. The Morgan fingerprint density at radius 3 is 2.86 bits per heavy atom. The molecule has 0 spiro atoms. The van der Waals surface area contributed by atoms with E-state index in [4.69, 9.17) is 4.74 Å². The summed E-state index contributed by atoms with van der Waals surface area (Å²) in [5.41, 5.74) is 4.01. The number of methoxy groups -OCH3 is 1. The van der Waals surface area contributed by atoms with Gasteiger partial charge in [-0.1, -0.05) is 15.9 Å². The van der Waals surface area contributed by atoms with Crippen LogP contribution in [0.15, 0.2) is 40.0 Å². The van der Waals surface area contributed by atoms with Crippen LogP contribution in [0, 0.1) is 6.92 Å². The van der Waals surface area contributed by atoms with E-state index >= 15 is 0 Å². The quantitative estimate of drug-likeness (QED) is 0.645. The molecule has 1 amide bonds. The molecular weight excluding hydrogens is 350 g/mol. The van der Waals surface area contributed by atoms with Crippen LogP contribution >= 0.6 is 15.9 Å². The number of hydrogen-bond donors (Lipinski definition) is 2. The number of phenols is 1. The standard InChI is InChI=1S/C15H14BrN3O3/c1-9-3-4-10(7-17-9)15(21)19-18-8-11-5-12(16)6-13(22-2)14(11)20/h3-8,20H,1-2H3,(H,19,21). The van der Waals surface area contributed by atoms with Crippen molar-refractivity contribution in [1.82, 2.24) is 10.4 Å². The highest BCUT2D eigenvalue weighted by Gasteiger charge is 2.08. The van der Waals surface area contributed by atoms with Gasteiger partial charge in [-0.15, -0.1) is 0 Å². The molecule has 1 aromatic heterocycles. The summed E-state index contributed by atoms with van der Waals surface area (Å²) in [6.45, 7) is 1.84. The summed E-state index contributed by atoms with van der Waals surface area (Å²) in [5, 5.41) is 13.8. The van der Waals surface area contributed by atoms with Gasteiger partial charge in [-0.3, -0.25) is 9.78 Å². The molecule has 0 aliphatic rings. The van der Waals surface area contributed by atoms with E-state index in [1.54, 1.807) is 24.3 Å². The van der Waals surface area contributed by atoms with Gasteiger partial charge >= 0.3 is 0 Å². The van der Waals surface area contributed by atoms with E-state index in [0.717, 1.165) is 10.2 Å². The third kappa shape index (κ3) is 3.82. The maximum absolute atomic E-state index is 11.9. The number of benzene rings is 1. The molecule has 0 aliphatic heterocycles. The number of carbonyl (C=O) groups is 1. The highest BCUT2D eigenvalue weighted by Crippen LogP contribution is 2.32. The van der Waals surface area contributed by atoms with Crippen molar-refractivity contribution in [2.45, 2.75) is 6.92 Å². The Morgan fingerprint density at radius 1 is 1.45 bits per heavy atom. The largest absolute Gasteiger partial charge is 0.504 e. The predicted octanol–water partition coefficient (Wildman–Crippen LogP) is 2.63. The molecule has 1 heterocycles. The van der Waals surface area contributed by atoms with Gasteiger partial charge in [0.15, 0.2) is 11.5 Å². The number of aryl methyl sites for hydroxylation is 1. The third-order valence-electron chi connectivity index (χ3n) is 2.83. The maximum atomic E-state index is 11.9. The SMILES string of the molecule is COc1cc(Br)cc(C=NNC(=O)c2ccc(C)nc2)c1O. The molecule has 7 heteroatoms. The number of nitrogens with zero attached hydrogens (tertiary/aromatic N) is 2. The summed E-state index contributed by atoms with van der Waals surface area (Å²) < 4.78 is 5.76. The number of aromatic hydroxyl groups is 1. The van der Waals surface area contributed by atoms with Crippen LogP contribution < -0.4 is 10.2 Å². The zero-order valence-electron chi connectivity index (χ0n) is 12.0. The van der Waals surface area contributed by atoms with Crippen molar-refractivity contribution < 1.29 is 14.6 Å². The van der Waals surface area contributed by atoms with Gasteiger partial charge in [0.1, 0.15) is 0 Å². The minimum Gasteiger partial charge on any atom is -0.504 e. The first-order chi connectivity index (χ1) is 10.5. The van der Waals surface area contributed by atoms with Gasteiger partial charge in [0.05, 0.1) is 18.9 Å². The fourth-order valence-corrected chi connectivity index (χ4v) is 2.13. The van der Waals surface area contributed by atoms with Crippen molar-refractivity contribution in [3.05, 3.63) is 51.8 Å². The lowest BCUT2D eigenvalue weighted by Crippen LogP contribution is -2.17. The molecular formula is C15H14BrN3O3. The summed E-state index contributed by atoms with van der Waals surface area (Å²) in [6, 6.07) is 6.68. The van der Waals surface area contributed by atoms with Crippen LogP contribution in [-0.2, 0) is 0 Å². The van der Waals surface area contributed by atoms with Crippen LogP contribution in [0.25, 0.3) is 0 Å². The van der Waals surface area contributed by atoms with Gasteiger partial charge in [0, 0.05) is 21.9 Å². The van der Waals surface area contributed by atoms with Crippen molar-refractivity contribution in [2.75, 3.05) is 7.11 Å². The number of amides is 1. The number of nitrogens with one attached hydrogen (secondary N) is 1. The Hall–Kier alpha value is -2.41. The number of hydrogen-bond acceptors (Lipinski definition) is 5. The van der Waals surface area contributed by atoms with E-state index in [1.807, 2.05) is 6.92 Å². The number of phenolic OH excluding ortho intramolecular Hbond substituents is 1. The van der Waals surface area contributed by atoms with Crippen LogP contribution in [0.2, 0.25) is 0 Å². The van der Waals surface area contributed by atoms with Crippen LogP contribution in [-0.4, -0.2) is 29.3 Å². The van der Waals surface area contributed by atoms with Crippen LogP contribution in [0.3, 0.4) is 0 Å². The molecule has 1 aromatic carbocycles. The lowest BCUT2D eigenvalue weighted by atomic mass is 10.2. The monoisotopic (exact) mass is 363 g/mol. The zero-order valence-corrected chi connectivity index (χ0v) is 13.6. The molecule has 0 saturated carbocycles. The number of ether oxygens (including phenoxy) is 1. The number of carbonyl (C=O) groups excluding carboxylic acids is 1. The molecule has 0 radical (unpaired) electrons. The first-order valence-electron chi connectivity index (χ1n) is 6.34. The van der Waals surface area contributed by atoms with Gasteiger partial charge in [-0.05, 0) is 31.2 Å². The average molecular weight is 364 g/mol. The summed E-state index contributed by atoms with van der Waals surface area (Å²) in [4.78, 5) is 15.9. The molecule has 6 nitrogen and oxygen atoms in total. The Kier molecular flexibility index (Phi) is 5.11. The number of halogens is 1. The van der Waals surface area contributed by atoms with E-state index in [1.165, 1.54) is 19.5 Å². The third-order valence-corrected chi connectivity index (χ3v) is 3.29. The van der Waals surface area contributed by atoms with Gasteiger partial charge < -0.3 is 9.84 Å². The second kappa shape index (κ2) is 7.04. The first-order valence-corrected chi connectivity index (χ1v) is 7.13. The number of hydrazone groups is 1. The molecule has 0 saturated heterocycles. The summed E-state index contributed by atoms with van der Waals surface area (Å²) in [5.74, 6) is -0.129. The van der Waals surface area contributed by atoms with E-state index in [-0.39, 0.29) is 11.7 Å². The fourth-order valence-electron chi connectivity index (χ4n) is 1.68. The van der Waals surface area contributed by atoms with Gasteiger partial charge in [0.25, 0.3) is 5.91 Å². The van der Waals surface area contributed by atoms with Gasteiger partial charge in [0.2, 0.25) is 0 Å². The smallest absolute Gasteiger partial charge is 0.272 e. The molecule has 22 heavy (non-hydrogen) atoms. The first kappa shape index (κ1) is 16.0. The van der Waals surface area contributed by atoms with Crippen LogP contribution in [0.5, 0.6) is 11.5 Å². The van der Waals surface area contributed by atoms with E-state index in [9.17, 15) is 9.90 Å². The fraction of sp³-hybridized carbons (Fsp3) is 0.133. The molecule has 0 atom stereocenters. The predicted molar refractivity (Wildman–Crippen MR) is 86.4 cm³/mol. The molecule has 0 unspecified atom stereocenters. The zero-order chi connectivity index (χ0) is 16.1. The number of rotatable bonds is 4. The summed E-state index contributed by atoms with van der Waals surface area (Å²) in [7, 11) is 1.45. The summed E-state index contributed by atoms with van der Waals surface area (Å²) >= 11 is 3.30. The molecule has 0 aliphatic carbocycles. The minimum atomic E-state index is -0.384. The lowest BCUT2D eigenvalue weighted by Gasteiger charge is -2.06. The second-order valence-corrected chi connectivity index (χ2v) is 5.35. The van der Waals surface area contributed by atoms with E-state index in [0.29, 0.717) is 16.9 Å². The van der Waals surface area contributed by atoms with Crippen LogP contribution in [0.1, 0.15) is 21.6 Å². The molecule has 0 fully saturated rings. The highest BCUT2D eigenvalue weighted by molar-refractivity contribution is 9.10. The van der Waals surface area contributed by atoms with Crippen molar-refractivity contribution in [3.8, 4) is 11.5 Å². The Bertz CT molecular complexity index is 715. The maximum Gasteiger partial charge on any atom is 0.272 e.